The van der Waals surface area contributed by atoms with Crippen LogP contribution in [0.3, 0.4) is 0 Å². The molecule has 2 N–H and O–H groups in total. The third-order valence-electron chi connectivity index (χ3n) is 4.63. The Kier molecular flexibility index (Phi) is 6.73. The Hall–Kier alpha value is -3.94. The van der Waals surface area contributed by atoms with Gasteiger partial charge in [-0.3, -0.25) is 14.9 Å². The molecular formula is C24H25N3O5. The molecule has 8 nitrogen and oxygen atoms in total. The van der Waals surface area contributed by atoms with E-state index in [1.54, 1.807) is 39.0 Å². The number of aromatic nitrogens is 1. The number of carbonyl (C=O) groups is 1. The molecular weight excluding hydrogens is 410 g/mol. The highest BCUT2D eigenvalue weighted by Crippen LogP contribution is 2.25. The first-order valence-electron chi connectivity index (χ1n) is 10.1. The molecule has 1 amide bonds. The Bertz CT molecular complexity index is 1150. The van der Waals surface area contributed by atoms with Crippen molar-refractivity contribution in [3.05, 3.63) is 98.5 Å². The minimum atomic E-state index is -0.671. The van der Waals surface area contributed by atoms with Crippen LogP contribution >= 0.6 is 0 Å². The van der Waals surface area contributed by atoms with Crippen LogP contribution in [0.5, 0.6) is 0 Å². The molecule has 0 saturated heterocycles. The van der Waals surface area contributed by atoms with Gasteiger partial charge in [-0.15, -0.1) is 0 Å². The van der Waals surface area contributed by atoms with Crippen LogP contribution in [0.2, 0.25) is 0 Å². The number of nitrogens with one attached hydrogen (secondary N) is 2. The number of pyridine rings is 1. The minimum absolute atomic E-state index is 0.0349. The van der Waals surface area contributed by atoms with Gasteiger partial charge in [-0.05, 0) is 62.1 Å². The molecule has 0 radical (unpaired) electrons. The molecule has 0 fully saturated rings. The molecule has 0 aliphatic heterocycles. The fraction of sp³-hybridized carbons (Fsp3) is 0.250. The number of non-ortho nitro benzene ring substituents is 1. The van der Waals surface area contributed by atoms with E-state index in [9.17, 15) is 19.7 Å². The van der Waals surface area contributed by atoms with E-state index < -0.39 is 22.7 Å². The van der Waals surface area contributed by atoms with Gasteiger partial charge in [0.2, 0.25) is 5.56 Å². The monoisotopic (exact) mass is 435 g/mol. The number of benzene rings is 2. The molecule has 1 aromatic heterocycles. The van der Waals surface area contributed by atoms with E-state index >= 15 is 0 Å². The van der Waals surface area contributed by atoms with E-state index in [2.05, 4.69) is 10.3 Å². The van der Waals surface area contributed by atoms with E-state index in [1.165, 1.54) is 18.2 Å². The van der Waals surface area contributed by atoms with E-state index in [1.807, 2.05) is 30.3 Å². The molecule has 0 aliphatic rings. The number of aromatic amines is 1. The van der Waals surface area contributed by atoms with Crippen LogP contribution in [-0.2, 0) is 11.2 Å². The first kappa shape index (κ1) is 22.7. The molecule has 8 heteroatoms. The number of alkyl carbamates (subject to hydrolysis) is 1. The zero-order valence-corrected chi connectivity index (χ0v) is 18.1. The van der Waals surface area contributed by atoms with Crippen molar-refractivity contribution < 1.29 is 14.5 Å². The molecule has 0 aliphatic carbocycles. The first-order chi connectivity index (χ1) is 15.1. The van der Waals surface area contributed by atoms with Crippen molar-refractivity contribution in [2.24, 2.45) is 0 Å². The first-order valence-corrected chi connectivity index (χ1v) is 10.1. The predicted molar refractivity (Wildman–Crippen MR) is 121 cm³/mol. The van der Waals surface area contributed by atoms with Gasteiger partial charge in [0, 0.05) is 23.9 Å². The molecule has 1 unspecified atom stereocenters. The maximum absolute atomic E-state index is 12.5. The van der Waals surface area contributed by atoms with E-state index in [-0.39, 0.29) is 11.2 Å². The summed E-state index contributed by atoms with van der Waals surface area (Å²) in [5.41, 5.74) is 1.65. The SMILES string of the molecule is CC(C)(C)OC(=O)NC(Cc1ccccc1)c1cc(-c2ccc([N+](=O)[O-])cc2)cc(=O)[nH]1. The average Bonchev–Trinajstić information content (AvgIpc) is 2.72. The number of H-pyrrole nitrogens is 1. The molecule has 0 saturated carbocycles. The zero-order valence-electron chi connectivity index (χ0n) is 18.1. The van der Waals surface area contributed by atoms with Crippen LogP contribution in [0, 0.1) is 10.1 Å². The van der Waals surface area contributed by atoms with Crippen molar-refractivity contribution >= 4 is 11.8 Å². The van der Waals surface area contributed by atoms with E-state index in [4.69, 9.17) is 4.74 Å². The quantitative estimate of drug-likeness (QED) is 0.428. The van der Waals surface area contributed by atoms with Crippen LogP contribution in [0.4, 0.5) is 10.5 Å². The summed E-state index contributed by atoms with van der Waals surface area (Å²) in [6.07, 6.45) is -0.167. The third-order valence-corrected chi connectivity index (χ3v) is 4.63. The second kappa shape index (κ2) is 9.47. The Morgan fingerprint density at radius 1 is 1.06 bits per heavy atom. The molecule has 0 spiro atoms. The minimum Gasteiger partial charge on any atom is -0.444 e. The van der Waals surface area contributed by atoms with Crippen molar-refractivity contribution in [3.8, 4) is 11.1 Å². The number of nitro groups is 1. The third kappa shape index (κ3) is 6.28. The highest BCUT2D eigenvalue weighted by Gasteiger charge is 2.22. The fourth-order valence-corrected chi connectivity index (χ4v) is 3.23. The topological polar surface area (TPSA) is 114 Å². The number of hydrogen-bond donors (Lipinski definition) is 2. The van der Waals surface area contributed by atoms with Crippen molar-refractivity contribution in [2.45, 2.75) is 38.8 Å². The lowest BCUT2D eigenvalue weighted by Crippen LogP contribution is -2.36. The number of rotatable bonds is 6. The summed E-state index contributed by atoms with van der Waals surface area (Å²) in [5, 5.41) is 13.8. The number of amides is 1. The summed E-state index contributed by atoms with van der Waals surface area (Å²) in [7, 11) is 0. The maximum Gasteiger partial charge on any atom is 0.408 e. The Morgan fingerprint density at radius 2 is 1.72 bits per heavy atom. The van der Waals surface area contributed by atoms with Gasteiger partial charge in [-0.25, -0.2) is 4.79 Å². The molecule has 2 aromatic carbocycles. The summed E-state index contributed by atoms with van der Waals surface area (Å²) in [6, 6.07) is 18.1. The van der Waals surface area contributed by atoms with Crippen molar-refractivity contribution in [1.82, 2.24) is 10.3 Å². The van der Waals surface area contributed by atoms with Gasteiger partial charge in [0.15, 0.2) is 0 Å². The zero-order chi connectivity index (χ0) is 23.3. The number of ether oxygens (including phenoxy) is 1. The highest BCUT2D eigenvalue weighted by molar-refractivity contribution is 5.69. The van der Waals surface area contributed by atoms with Gasteiger partial charge >= 0.3 is 6.09 Å². The Morgan fingerprint density at radius 3 is 2.31 bits per heavy atom. The van der Waals surface area contributed by atoms with Crippen LogP contribution in [0.1, 0.15) is 38.1 Å². The maximum atomic E-state index is 12.5. The Balaban J connectivity index is 1.96. The average molecular weight is 435 g/mol. The summed E-state index contributed by atoms with van der Waals surface area (Å²) < 4.78 is 5.40. The van der Waals surface area contributed by atoms with Gasteiger partial charge in [0.05, 0.1) is 11.0 Å². The van der Waals surface area contributed by atoms with Crippen LogP contribution < -0.4 is 10.9 Å². The van der Waals surface area contributed by atoms with Gasteiger partial charge in [-0.2, -0.15) is 0 Å². The molecule has 3 rings (SSSR count). The van der Waals surface area contributed by atoms with Crippen LogP contribution in [-0.4, -0.2) is 21.6 Å². The lowest BCUT2D eigenvalue weighted by Gasteiger charge is -2.24. The molecule has 1 atom stereocenters. The summed E-state index contributed by atoms with van der Waals surface area (Å²) in [5.74, 6) is 0. The lowest BCUT2D eigenvalue weighted by molar-refractivity contribution is -0.384. The van der Waals surface area contributed by atoms with Crippen molar-refractivity contribution in [1.29, 1.82) is 0 Å². The molecule has 3 aromatic rings. The smallest absolute Gasteiger partial charge is 0.408 e. The number of nitrogens with zero attached hydrogens (tertiary/aromatic N) is 1. The summed E-state index contributed by atoms with van der Waals surface area (Å²) in [4.78, 5) is 38.2. The van der Waals surface area contributed by atoms with Crippen molar-refractivity contribution in [3.63, 3.8) is 0 Å². The summed E-state index contributed by atoms with van der Waals surface area (Å²) >= 11 is 0. The second-order valence-electron chi connectivity index (χ2n) is 8.38. The van der Waals surface area contributed by atoms with Gasteiger partial charge in [-0.1, -0.05) is 30.3 Å². The molecule has 32 heavy (non-hydrogen) atoms. The lowest BCUT2D eigenvalue weighted by atomic mass is 9.99. The van der Waals surface area contributed by atoms with Crippen molar-refractivity contribution in [2.75, 3.05) is 0 Å². The second-order valence-corrected chi connectivity index (χ2v) is 8.38. The van der Waals surface area contributed by atoms with Crippen LogP contribution in [0.15, 0.2) is 71.5 Å². The summed E-state index contributed by atoms with van der Waals surface area (Å²) in [6.45, 7) is 5.32. The largest absolute Gasteiger partial charge is 0.444 e. The molecule has 166 valence electrons. The predicted octanol–water partition coefficient (Wildman–Crippen LogP) is 4.76. The number of nitro benzene ring substituents is 1. The standard InChI is InChI=1S/C24H25N3O5/c1-24(2,3)32-23(29)26-20(13-16-7-5-4-6-8-16)21-14-18(15-22(28)25-21)17-9-11-19(12-10-17)27(30)31/h4-12,14-15,20H,13H2,1-3H3,(H,25,28)(H,26,29). The van der Waals surface area contributed by atoms with Gasteiger partial charge < -0.3 is 15.0 Å². The van der Waals surface area contributed by atoms with Crippen LogP contribution in [0.25, 0.3) is 11.1 Å². The van der Waals surface area contributed by atoms with Gasteiger partial charge in [0.25, 0.3) is 5.69 Å². The number of carbonyl (C=O) groups excluding carboxylic acids is 1. The van der Waals surface area contributed by atoms with E-state index in [0.717, 1.165) is 5.56 Å². The Labute approximate surface area is 185 Å². The van der Waals surface area contributed by atoms with Gasteiger partial charge in [0.1, 0.15) is 5.60 Å². The molecule has 0 bridgehead atoms. The number of hydrogen-bond acceptors (Lipinski definition) is 5. The van der Waals surface area contributed by atoms with E-state index in [0.29, 0.717) is 23.2 Å². The highest BCUT2D eigenvalue weighted by atomic mass is 16.6. The molecule has 1 heterocycles. The fourth-order valence-electron chi connectivity index (χ4n) is 3.23. The normalized spacial score (nSPS) is 12.1.